The van der Waals surface area contributed by atoms with E-state index in [0.29, 0.717) is 16.3 Å². The Labute approximate surface area is 219 Å². The molecule has 0 bridgehead atoms. The van der Waals surface area contributed by atoms with Crippen LogP contribution < -0.4 is 10.6 Å². The van der Waals surface area contributed by atoms with Crippen LogP contribution in [0.15, 0.2) is 72.9 Å². The van der Waals surface area contributed by atoms with Crippen molar-refractivity contribution in [3.8, 4) is 5.69 Å². The van der Waals surface area contributed by atoms with Gasteiger partial charge in [-0.15, -0.1) is 0 Å². The van der Waals surface area contributed by atoms with E-state index in [4.69, 9.17) is 11.6 Å². The molecular formula is C26H20ClF4N5O2. The van der Waals surface area contributed by atoms with Gasteiger partial charge in [0.05, 0.1) is 23.8 Å². The smallest absolute Gasteiger partial charge is 0.350 e. The summed E-state index contributed by atoms with van der Waals surface area (Å²) in [6, 6.07) is 15.1. The van der Waals surface area contributed by atoms with Gasteiger partial charge < -0.3 is 10.6 Å². The van der Waals surface area contributed by atoms with E-state index >= 15 is 0 Å². The van der Waals surface area contributed by atoms with E-state index < -0.39 is 35.4 Å². The monoisotopic (exact) mass is 545 g/mol. The number of carbonyl (C=O) groups is 2. The molecule has 2 aromatic heterocycles. The van der Waals surface area contributed by atoms with E-state index in [-0.39, 0.29) is 23.6 Å². The second-order valence-electron chi connectivity index (χ2n) is 8.29. The summed E-state index contributed by atoms with van der Waals surface area (Å²) in [7, 11) is 0. The highest BCUT2D eigenvalue weighted by molar-refractivity contribution is 6.30. The van der Waals surface area contributed by atoms with Crippen LogP contribution in [0.3, 0.4) is 0 Å². The van der Waals surface area contributed by atoms with Crippen molar-refractivity contribution < 1.29 is 27.2 Å². The van der Waals surface area contributed by atoms with Gasteiger partial charge >= 0.3 is 6.18 Å². The SMILES string of the molecule is CC(C(=O)NCc1cc(C(F)(F)F)nn1-c1cccc(Cl)c1)c1ccc(NC(=O)c2ccc(F)cc2)nc1. The van der Waals surface area contributed by atoms with E-state index in [1.54, 1.807) is 31.2 Å². The third-order valence-electron chi connectivity index (χ3n) is 5.60. The lowest BCUT2D eigenvalue weighted by molar-refractivity contribution is -0.141. The Hall–Kier alpha value is -4.25. The number of rotatable bonds is 7. The second kappa shape index (κ2) is 11.0. The Morgan fingerprint density at radius 3 is 2.42 bits per heavy atom. The Bertz CT molecular complexity index is 1450. The molecule has 12 heteroatoms. The van der Waals surface area contributed by atoms with Crippen LogP contribution in [0.5, 0.6) is 0 Å². The minimum Gasteiger partial charge on any atom is -0.350 e. The van der Waals surface area contributed by atoms with E-state index in [0.717, 1.165) is 22.9 Å². The van der Waals surface area contributed by atoms with E-state index in [1.807, 2.05) is 0 Å². The van der Waals surface area contributed by atoms with Gasteiger partial charge in [-0.3, -0.25) is 9.59 Å². The fourth-order valence-electron chi connectivity index (χ4n) is 3.52. The maximum Gasteiger partial charge on any atom is 0.435 e. The zero-order valence-electron chi connectivity index (χ0n) is 19.8. The lowest BCUT2D eigenvalue weighted by atomic mass is 10.0. The van der Waals surface area contributed by atoms with Gasteiger partial charge in [-0.1, -0.05) is 23.7 Å². The molecule has 7 nitrogen and oxygen atoms in total. The first kappa shape index (κ1) is 26.8. The average Bonchev–Trinajstić information content (AvgIpc) is 3.33. The Morgan fingerprint density at radius 2 is 1.79 bits per heavy atom. The van der Waals surface area contributed by atoms with Crippen LogP contribution in [0.25, 0.3) is 5.69 Å². The van der Waals surface area contributed by atoms with Crippen molar-refractivity contribution in [1.82, 2.24) is 20.1 Å². The van der Waals surface area contributed by atoms with Crippen LogP contribution in [-0.4, -0.2) is 26.6 Å². The Morgan fingerprint density at radius 1 is 1.05 bits per heavy atom. The van der Waals surface area contributed by atoms with Gasteiger partial charge in [0, 0.05) is 16.8 Å². The number of carbonyl (C=O) groups excluding carboxylic acids is 2. The predicted molar refractivity (Wildman–Crippen MR) is 132 cm³/mol. The van der Waals surface area contributed by atoms with Crippen LogP contribution >= 0.6 is 11.6 Å². The number of amides is 2. The third-order valence-corrected chi connectivity index (χ3v) is 5.83. The molecular weight excluding hydrogens is 526 g/mol. The van der Waals surface area contributed by atoms with Gasteiger partial charge in [0.2, 0.25) is 5.91 Å². The van der Waals surface area contributed by atoms with E-state index in [9.17, 15) is 27.2 Å². The molecule has 0 radical (unpaired) electrons. The molecule has 196 valence electrons. The van der Waals surface area contributed by atoms with Crippen molar-refractivity contribution >= 4 is 29.2 Å². The number of nitrogens with zero attached hydrogens (tertiary/aromatic N) is 3. The molecule has 1 unspecified atom stereocenters. The number of alkyl halides is 3. The molecule has 2 aromatic carbocycles. The summed E-state index contributed by atoms with van der Waals surface area (Å²) in [5, 5.41) is 9.18. The Balaban J connectivity index is 1.43. The zero-order valence-corrected chi connectivity index (χ0v) is 20.5. The first-order valence-electron chi connectivity index (χ1n) is 11.2. The fraction of sp³-hybridized carbons (Fsp3) is 0.154. The topological polar surface area (TPSA) is 88.9 Å². The van der Waals surface area contributed by atoms with Gasteiger partial charge in [-0.25, -0.2) is 14.1 Å². The van der Waals surface area contributed by atoms with Crippen molar-refractivity contribution in [3.05, 3.63) is 106 Å². The maximum absolute atomic E-state index is 13.3. The summed E-state index contributed by atoms with van der Waals surface area (Å²) < 4.78 is 54.1. The lowest BCUT2D eigenvalue weighted by Gasteiger charge is -2.14. The molecule has 0 aliphatic rings. The van der Waals surface area contributed by atoms with E-state index in [2.05, 4.69) is 20.7 Å². The number of pyridine rings is 1. The third kappa shape index (κ3) is 6.35. The fourth-order valence-corrected chi connectivity index (χ4v) is 3.71. The van der Waals surface area contributed by atoms with Crippen molar-refractivity contribution in [2.45, 2.75) is 25.6 Å². The van der Waals surface area contributed by atoms with Crippen molar-refractivity contribution in [3.63, 3.8) is 0 Å². The van der Waals surface area contributed by atoms with Crippen molar-refractivity contribution in [2.75, 3.05) is 5.32 Å². The second-order valence-corrected chi connectivity index (χ2v) is 8.72. The van der Waals surface area contributed by atoms with Crippen LogP contribution in [0, 0.1) is 5.82 Å². The number of halogens is 5. The molecule has 0 aliphatic carbocycles. The van der Waals surface area contributed by atoms with Gasteiger partial charge in [-0.05, 0) is 67.1 Å². The molecule has 0 aliphatic heterocycles. The highest BCUT2D eigenvalue weighted by atomic mass is 35.5. The summed E-state index contributed by atoms with van der Waals surface area (Å²) in [5.74, 6) is -1.88. The van der Waals surface area contributed by atoms with E-state index in [1.165, 1.54) is 30.5 Å². The average molecular weight is 546 g/mol. The minimum absolute atomic E-state index is 0.108. The molecule has 0 saturated heterocycles. The molecule has 2 amide bonds. The molecule has 38 heavy (non-hydrogen) atoms. The summed E-state index contributed by atoms with van der Waals surface area (Å²) in [6.45, 7) is 1.39. The first-order chi connectivity index (χ1) is 18.0. The van der Waals surface area contributed by atoms with Crippen LogP contribution in [0.4, 0.5) is 23.4 Å². The quantitative estimate of drug-likeness (QED) is 0.289. The molecule has 0 fully saturated rings. The predicted octanol–water partition coefficient (Wildman–Crippen LogP) is 5.75. The summed E-state index contributed by atoms with van der Waals surface area (Å²) >= 11 is 5.98. The molecule has 0 spiro atoms. The molecule has 4 rings (SSSR count). The molecule has 1 atom stereocenters. The lowest BCUT2D eigenvalue weighted by Crippen LogP contribution is -2.28. The van der Waals surface area contributed by atoms with Crippen LogP contribution in [0.2, 0.25) is 5.02 Å². The number of anilines is 1. The van der Waals surface area contributed by atoms with Crippen molar-refractivity contribution in [2.24, 2.45) is 0 Å². The van der Waals surface area contributed by atoms with Gasteiger partial charge in [-0.2, -0.15) is 18.3 Å². The van der Waals surface area contributed by atoms with Gasteiger partial charge in [0.15, 0.2) is 5.69 Å². The van der Waals surface area contributed by atoms with Crippen LogP contribution in [0.1, 0.15) is 40.2 Å². The number of benzene rings is 2. The molecule has 2 heterocycles. The first-order valence-corrected chi connectivity index (χ1v) is 11.6. The van der Waals surface area contributed by atoms with Crippen LogP contribution in [-0.2, 0) is 17.5 Å². The standard InChI is InChI=1S/C26H20ClF4N5O2/c1-15(17-7-10-23(32-13-17)34-25(38)16-5-8-19(28)9-6-16)24(37)33-14-21-12-22(26(29,30)31)35-36(21)20-4-2-3-18(27)11-20/h2-13,15H,14H2,1H3,(H,33,37)(H,32,34,38). The number of aromatic nitrogens is 3. The van der Waals surface area contributed by atoms with Gasteiger partial charge in [0.1, 0.15) is 11.6 Å². The molecule has 0 saturated carbocycles. The highest BCUT2D eigenvalue weighted by Crippen LogP contribution is 2.30. The summed E-state index contributed by atoms with van der Waals surface area (Å²) in [6.07, 6.45) is -3.27. The largest absolute Gasteiger partial charge is 0.435 e. The minimum atomic E-state index is -4.67. The number of hydrogen-bond acceptors (Lipinski definition) is 4. The summed E-state index contributed by atoms with van der Waals surface area (Å²) in [5.41, 5.74) is 0.0828. The maximum atomic E-state index is 13.3. The summed E-state index contributed by atoms with van der Waals surface area (Å²) in [4.78, 5) is 29.2. The number of hydrogen-bond donors (Lipinski definition) is 2. The molecule has 2 N–H and O–H groups in total. The Kier molecular flexibility index (Phi) is 7.77. The molecule has 4 aromatic rings. The normalized spacial score (nSPS) is 12.2. The number of nitrogens with one attached hydrogen (secondary N) is 2. The van der Waals surface area contributed by atoms with Crippen molar-refractivity contribution in [1.29, 1.82) is 0 Å². The highest BCUT2D eigenvalue weighted by Gasteiger charge is 2.35. The van der Waals surface area contributed by atoms with Gasteiger partial charge in [0.25, 0.3) is 5.91 Å². The zero-order chi connectivity index (χ0) is 27.4.